The van der Waals surface area contributed by atoms with E-state index in [1.165, 1.54) is 16.7 Å². The molecule has 0 aliphatic carbocycles. The molecule has 4 nitrogen and oxygen atoms in total. The van der Waals surface area contributed by atoms with Gasteiger partial charge in [0.15, 0.2) is 5.96 Å². The van der Waals surface area contributed by atoms with Crippen LogP contribution in [-0.2, 0) is 6.54 Å². The van der Waals surface area contributed by atoms with E-state index in [-0.39, 0.29) is 0 Å². The van der Waals surface area contributed by atoms with Crippen LogP contribution in [0.15, 0.2) is 41.5 Å². The van der Waals surface area contributed by atoms with Crippen molar-refractivity contribution in [2.45, 2.75) is 19.4 Å². The van der Waals surface area contributed by atoms with E-state index in [0.29, 0.717) is 0 Å². The van der Waals surface area contributed by atoms with E-state index >= 15 is 0 Å². The summed E-state index contributed by atoms with van der Waals surface area (Å²) in [5.41, 5.74) is 1.31. The summed E-state index contributed by atoms with van der Waals surface area (Å²) in [4.78, 5) is 4.25. The summed E-state index contributed by atoms with van der Waals surface area (Å²) in [5.74, 6) is 2.09. The molecule has 1 aromatic carbocycles. The average Bonchev–Trinajstić information content (AvgIpc) is 2.97. The Morgan fingerprint density at radius 3 is 2.68 bits per heavy atom. The molecule has 120 valence electrons. The van der Waals surface area contributed by atoms with Crippen LogP contribution in [0.25, 0.3) is 10.9 Å². The number of guanidine groups is 1. The number of benzene rings is 1. The van der Waals surface area contributed by atoms with E-state index in [2.05, 4.69) is 63.0 Å². The summed E-state index contributed by atoms with van der Waals surface area (Å²) in [6, 6.07) is 10.7. The molecule has 22 heavy (non-hydrogen) atoms. The van der Waals surface area contributed by atoms with Gasteiger partial charge in [0.25, 0.3) is 0 Å². The Hall–Kier alpha value is -1.62. The predicted octanol–water partition coefficient (Wildman–Crippen LogP) is 2.95. The standard InChI is InChI=1S/C17H26N4S/c1-18-17(20-11-6-14-22-2)19-10-5-12-21-13-9-15-7-3-4-8-16(15)21/h3-4,7-9,13H,5-6,10-12,14H2,1-2H3,(H2,18,19,20). The molecule has 0 radical (unpaired) electrons. The highest BCUT2D eigenvalue weighted by molar-refractivity contribution is 7.98. The number of thioether (sulfide) groups is 1. The molecule has 0 aliphatic rings. The van der Waals surface area contributed by atoms with Crippen LogP contribution in [0.1, 0.15) is 12.8 Å². The van der Waals surface area contributed by atoms with Crippen molar-refractivity contribution in [2.24, 2.45) is 4.99 Å². The Kier molecular flexibility index (Phi) is 7.16. The van der Waals surface area contributed by atoms with E-state index in [9.17, 15) is 0 Å². The molecule has 2 N–H and O–H groups in total. The third-order valence-corrected chi connectivity index (χ3v) is 4.29. The molecule has 0 fully saturated rings. The maximum absolute atomic E-state index is 4.25. The minimum Gasteiger partial charge on any atom is -0.356 e. The van der Waals surface area contributed by atoms with Gasteiger partial charge in [-0.2, -0.15) is 11.8 Å². The number of aryl methyl sites for hydroxylation is 1. The number of nitrogens with zero attached hydrogens (tertiary/aromatic N) is 2. The highest BCUT2D eigenvalue weighted by Crippen LogP contribution is 2.15. The van der Waals surface area contributed by atoms with Crippen LogP contribution in [0.2, 0.25) is 0 Å². The molecule has 2 aromatic rings. The summed E-state index contributed by atoms with van der Waals surface area (Å²) in [5, 5.41) is 8.03. The summed E-state index contributed by atoms with van der Waals surface area (Å²) >= 11 is 1.88. The third kappa shape index (κ3) is 4.98. The second-order valence-electron chi connectivity index (χ2n) is 5.19. The van der Waals surface area contributed by atoms with Gasteiger partial charge in [0, 0.05) is 38.4 Å². The lowest BCUT2D eigenvalue weighted by Gasteiger charge is -2.12. The number of hydrogen-bond acceptors (Lipinski definition) is 2. The van der Waals surface area contributed by atoms with E-state index in [0.717, 1.165) is 38.4 Å². The van der Waals surface area contributed by atoms with Gasteiger partial charge in [0.2, 0.25) is 0 Å². The van der Waals surface area contributed by atoms with Crippen LogP contribution in [-0.4, -0.2) is 42.7 Å². The number of aromatic nitrogens is 1. The van der Waals surface area contributed by atoms with Crippen molar-refractivity contribution in [3.63, 3.8) is 0 Å². The van der Waals surface area contributed by atoms with Gasteiger partial charge in [-0.15, -0.1) is 0 Å². The van der Waals surface area contributed by atoms with Crippen LogP contribution in [0.4, 0.5) is 0 Å². The monoisotopic (exact) mass is 318 g/mol. The molecule has 0 atom stereocenters. The second kappa shape index (κ2) is 9.41. The number of nitrogens with one attached hydrogen (secondary N) is 2. The predicted molar refractivity (Wildman–Crippen MR) is 98.9 cm³/mol. The van der Waals surface area contributed by atoms with Crippen molar-refractivity contribution >= 4 is 28.6 Å². The van der Waals surface area contributed by atoms with Gasteiger partial charge in [0.05, 0.1) is 0 Å². The molecule has 0 aliphatic heterocycles. The molecule has 0 amide bonds. The van der Waals surface area contributed by atoms with Gasteiger partial charge in [-0.3, -0.25) is 4.99 Å². The molecule has 0 saturated carbocycles. The quantitative estimate of drug-likeness (QED) is 0.447. The van der Waals surface area contributed by atoms with E-state index in [4.69, 9.17) is 0 Å². The van der Waals surface area contributed by atoms with Crippen LogP contribution in [0.5, 0.6) is 0 Å². The van der Waals surface area contributed by atoms with Crippen LogP contribution in [0.3, 0.4) is 0 Å². The molecule has 1 aromatic heterocycles. The minimum atomic E-state index is 0.901. The molecule has 1 heterocycles. The Morgan fingerprint density at radius 2 is 1.91 bits per heavy atom. The number of fused-ring (bicyclic) bond motifs is 1. The molecule has 5 heteroatoms. The second-order valence-corrected chi connectivity index (χ2v) is 6.18. The molecule has 2 rings (SSSR count). The van der Waals surface area contributed by atoms with E-state index in [1.54, 1.807) is 0 Å². The smallest absolute Gasteiger partial charge is 0.190 e. The lowest BCUT2D eigenvalue weighted by Crippen LogP contribution is -2.38. The van der Waals surface area contributed by atoms with Gasteiger partial charge >= 0.3 is 0 Å². The SMILES string of the molecule is CN=C(NCCCSC)NCCCn1ccc2ccccc21. The Bertz CT molecular complexity index is 591. The first-order valence-electron chi connectivity index (χ1n) is 7.82. The molecule has 0 spiro atoms. The van der Waals surface area contributed by atoms with Crippen molar-refractivity contribution in [3.05, 3.63) is 36.5 Å². The van der Waals surface area contributed by atoms with Crippen molar-refractivity contribution in [1.82, 2.24) is 15.2 Å². The van der Waals surface area contributed by atoms with Crippen LogP contribution >= 0.6 is 11.8 Å². The first-order valence-corrected chi connectivity index (χ1v) is 9.22. The zero-order chi connectivity index (χ0) is 15.6. The van der Waals surface area contributed by atoms with Crippen molar-refractivity contribution < 1.29 is 0 Å². The fourth-order valence-electron chi connectivity index (χ4n) is 2.44. The summed E-state index contributed by atoms with van der Waals surface area (Å²) in [7, 11) is 1.82. The van der Waals surface area contributed by atoms with Gasteiger partial charge in [-0.1, -0.05) is 18.2 Å². The number of aliphatic imine (C=N–C) groups is 1. The maximum atomic E-state index is 4.25. The van der Waals surface area contributed by atoms with Crippen LogP contribution < -0.4 is 10.6 Å². The molecular weight excluding hydrogens is 292 g/mol. The summed E-state index contributed by atoms with van der Waals surface area (Å²) in [6.07, 6.45) is 6.54. The van der Waals surface area contributed by atoms with Crippen LogP contribution in [0, 0.1) is 0 Å². The lowest BCUT2D eigenvalue weighted by atomic mass is 10.2. The first-order chi connectivity index (χ1) is 10.8. The van der Waals surface area contributed by atoms with Gasteiger partial charge < -0.3 is 15.2 Å². The van der Waals surface area contributed by atoms with Crippen molar-refractivity contribution in [2.75, 3.05) is 32.1 Å². The van der Waals surface area contributed by atoms with E-state index in [1.807, 2.05) is 18.8 Å². The number of hydrogen-bond donors (Lipinski definition) is 2. The number of rotatable bonds is 8. The zero-order valence-corrected chi connectivity index (χ0v) is 14.3. The van der Waals surface area contributed by atoms with Gasteiger partial charge in [-0.25, -0.2) is 0 Å². The van der Waals surface area contributed by atoms with Crippen molar-refractivity contribution in [1.29, 1.82) is 0 Å². The summed E-state index contributed by atoms with van der Waals surface area (Å²) < 4.78 is 2.31. The molecular formula is C17H26N4S. The molecule has 0 unspecified atom stereocenters. The summed E-state index contributed by atoms with van der Waals surface area (Å²) in [6.45, 7) is 2.92. The minimum absolute atomic E-state index is 0.901. The number of para-hydroxylation sites is 1. The largest absolute Gasteiger partial charge is 0.356 e. The Labute approximate surface area is 137 Å². The fraction of sp³-hybridized carbons (Fsp3) is 0.471. The topological polar surface area (TPSA) is 41.4 Å². The fourth-order valence-corrected chi connectivity index (χ4v) is 2.87. The Morgan fingerprint density at radius 1 is 1.14 bits per heavy atom. The Balaban J connectivity index is 1.70. The lowest BCUT2D eigenvalue weighted by molar-refractivity contribution is 0.640. The average molecular weight is 318 g/mol. The molecule has 0 bridgehead atoms. The molecule has 0 saturated heterocycles. The van der Waals surface area contributed by atoms with Crippen molar-refractivity contribution in [3.8, 4) is 0 Å². The van der Waals surface area contributed by atoms with E-state index < -0.39 is 0 Å². The normalized spacial score (nSPS) is 11.8. The zero-order valence-electron chi connectivity index (χ0n) is 13.5. The van der Waals surface area contributed by atoms with Gasteiger partial charge in [-0.05, 0) is 42.4 Å². The highest BCUT2D eigenvalue weighted by Gasteiger charge is 2.00. The maximum Gasteiger partial charge on any atom is 0.190 e. The first kappa shape index (κ1) is 16.7. The third-order valence-electron chi connectivity index (χ3n) is 3.59. The van der Waals surface area contributed by atoms with Gasteiger partial charge in [0.1, 0.15) is 0 Å². The highest BCUT2D eigenvalue weighted by atomic mass is 32.2.